The number of nitrogens with one attached hydrogen (secondary N) is 1. The number of aliphatic imine (C=N–C) groups is 1. The predicted octanol–water partition coefficient (Wildman–Crippen LogP) is 3.19. The minimum atomic E-state index is 0. The molecule has 1 saturated carbocycles. The molecule has 27 heavy (non-hydrogen) atoms. The standard InChI is InChI=1S/C20H29ClN4O.HI/c1-2-22-20(23-19-13-18(19)15-4-3-5-16(21)12-15)25-7-6-17(14-25)24-8-10-26-11-9-24;/h3-5,12,17-19H,2,6-11,13-14H2,1H3,(H,22,23);1H. The van der Waals surface area contributed by atoms with Crippen LogP contribution in [-0.4, -0.2) is 73.8 Å². The highest BCUT2D eigenvalue weighted by Crippen LogP contribution is 2.41. The van der Waals surface area contributed by atoms with Gasteiger partial charge in [-0.3, -0.25) is 9.89 Å². The first-order valence-corrected chi connectivity index (χ1v) is 10.3. The highest BCUT2D eigenvalue weighted by molar-refractivity contribution is 14.0. The van der Waals surface area contributed by atoms with Crippen molar-refractivity contribution in [1.82, 2.24) is 15.1 Å². The van der Waals surface area contributed by atoms with Crippen molar-refractivity contribution in [2.45, 2.75) is 37.8 Å². The highest BCUT2D eigenvalue weighted by atomic mass is 127. The third-order valence-electron chi connectivity index (χ3n) is 5.71. The van der Waals surface area contributed by atoms with Crippen LogP contribution in [0.4, 0.5) is 0 Å². The minimum absolute atomic E-state index is 0. The summed E-state index contributed by atoms with van der Waals surface area (Å²) in [6.07, 6.45) is 2.37. The second kappa shape index (κ2) is 9.76. The van der Waals surface area contributed by atoms with Gasteiger partial charge in [-0.05, 0) is 37.5 Å². The second-order valence-corrected chi connectivity index (χ2v) is 7.92. The zero-order chi connectivity index (χ0) is 17.9. The maximum absolute atomic E-state index is 6.15. The molecule has 4 rings (SSSR count). The molecular weight excluding hydrogens is 475 g/mol. The van der Waals surface area contributed by atoms with Gasteiger partial charge in [-0.25, -0.2) is 0 Å². The van der Waals surface area contributed by atoms with E-state index in [0.29, 0.717) is 18.0 Å². The summed E-state index contributed by atoms with van der Waals surface area (Å²) in [7, 11) is 0. The van der Waals surface area contributed by atoms with Crippen molar-refractivity contribution in [2.24, 2.45) is 4.99 Å². The molecule has 1 N–H and O–H groups in total. The van der Waals surface area contributed by atoms with Crippen LogP contribution >= 0.6 is 35.6 Å². The Kier molecular flexibility index (Phi) is 7.65. The number of rotatable bonds is 4. The number of nitrogens with zero attached hydrogens (tertiary/aromatic N) is 3. The van der Waals surface area contributed by atoms with E-state index in [9.17, 15) is 0 Å². The van der Waals surface area contributed by atoms with Crippen LogP contribution in [0.25, 0.3) is 0 Å². The van der Waals surface area contributed by atoms with Gasteiger partial charge in [0.1, 0.15) is 0 Å². The van der Waals surface area contributed by atoms with Crippen molar-refractivity contribution in [2.75, 3.05) is 45.9 Å². The van der Waals surface area contributed by atoms with Gasteiger partial charge in [0.25, 0.3) is 0 Å². The minimum Gasteiger partial charge on any atom is -0.379 e. The van der Waals surface area contributed by atoms with Crippen molar-refractivity contribution in [3.8, 4) is 0 Å². The molecule has 3 unspecified atom stereocenters. The fraction of sp³-hybridized carbons (Fsp3) is 0.650. The smallest absolute Gasteiger partial charge is 0.194 e. The summed E-state index contributed by atoms with van der Waals surface area (Å²) in [5, 5.41) is 4.54. The molecule has 0 amide bonds. The number of guanidine groups is 1. The molecule has 0 bridgehead atoms. The SMILES string of the molecule is CCN=C(NC1CC1c1cccc(Cl)c1)N1CCC(N2CCOCC2)C1.I. The highest BCUT2D eigenvalue weighted by Gasteiger charge is 2.40. The van der Waals surface area contributed by atoms with E-state index in [2.05, 4.69) is 34.2 Å². The van der Waals surface area contributed by atoms with E-state index in [1.54, 1.807) is 0 Å². The maximum atomic E-state index is 6.15. The normalized spacial score (nSPS) is 28.7. The number of halogens is 2. The Morgan fingerprint density at radius 3 is 2.85 bits per heavy atom. The summed E-state index contributed by atoms with van der Waals surface area (Å²) in [5.74, 6) is 1.63. The van der Waals surface area contributed by atoms with Crippen LogP contribution in [0.3, 0.4) is 0 Å². The topological polar surface area (TPSA) is 40.1 Å². The van der Waals surface area contributed by atoms with Gasteiger partial charge in [0, 0.05) is 55.7 Å². The first-order chi connectivity index (χ1) is 12.7. The molecule has 0 aromatic heterocycles. The molecule has 3 aliphatic rings. The molecule has 7 heteroatoms. The fourth-order valence-corrected chi connectivity index (χ4v) is 4.39. The van der Waals surface area contributed by atoms with Crippen LogP contribution in [0, 0.1) is 0 Å². The van der Waals surface area contributed by atoms with Crippen LogP contribution in [0.15, 0.2) is 29.3 Å². The van der Waals surface area contributed by atoms with Gasteiger partial charge >= 0.3 is 0 Å². The molecule has 5 nitrogen and oxygen atoms in total. The van der Waals surface area contributed by atoms with Crippen molar-refractivity contribution >= 4 is 41.5 Å². The summed E-state index contributed by atoms with van der Waals surface area (Å²) in [4.78, 5) is 9.80. The van der Waals surface area contributed by atoms with Crippen molar-refractivity contribution in [3.05, 3.63) is 34.9 Å². The van der Waals surface area contributed by atoms with E-state index in [1.807, 2.05) is 12.1 Å². The Morgan fingerprint density at radius 1 is 1.30 bits per heavy atom. The predicted molar refractivity (Wildman–Crippen MR) is 121 cm³/mol. The molecule has 0 radical (unpaired) electrons. The van der Waals surface area contributed by atoms with Crippen LogP contribution in [0.5, 0.6) is 0 Å². The van der Waals surface area contributed by atoms with Crippen LogP contribution in [-0.2, 0) is 4.74 Å². The third-order valence-corrected chi connectivity index (χ3v) is 5.95. The number of hydrogen-bond acceptors (Lipinski definition) is 3. The van der Waals surface area contributed by atoms with Gasteiger partial charge in [0.15, 0.2) is 5.96 Å². The van der Waals surface area contributed by atoms with Gasteiger partial charge in [-0.1, -0.05) is 23.7 Å². The number of morpholine rings is 1. The number of likely N-dealkylation sites (tertiary alicyclic amines) is 1. The van der Waals surface area contributed by atoms with E-state index < -0.39 is 0 Å². The van der Waals surface area contributed by atoms with Crippen LogP contribution < -0.4 is 5.32 Å². The second-order valence-electron chi connectivity index (χ2n) is 7.48. The van der Waals surface area contributed by atoms with Crippen molar-refractivity contribution < 1.29 is 4.74 Å². The fourth-order valence-electron chi connectivity index (χ4n) is 4.19. The van der Waals surface area contributed by atoms with E-state index in [-0.39, 0.29) is 24.0 Å². The van der Waals surface area contributed by atoms with Crippen molar-refractivity contribution in [1.29, 1.82) is 0 Å². The van der Waals surface area contributed by atoms with Crippen molar-refractivity contribution in [3.63, 3.8) is 0 Å². The quantitative estimate of drug-likeness (QED) is 0.388. The van der Waals surface area contributed by atoms with Gasteiger partial charge in [0.2, 0.25) is 0 Å². The van der Waals surface area contributed by atoms with Gasteiger partial charge in [0.05, 0.1) is 13.2 Å². The molecular formula is C20H30ClIN4O. The summed E-state index contributed by atoms with van der Waals surface area (Å²) in [6, 6.07) is 9.36. The molecule has 2 aliphatic heterocycles. The first kappa shape index (κ1) is 21.1. The van der Waals surface area contributed by atoms with Crippen LogP contribution in [0.2, 0.25) is 5.02 Å². The Labute approximate surface area is 184 Å². The average molecular weight is 505 g/mol. The monoisotopic (exact) mass is 504 g/mol. The largest absolute Gasteiger partial charge is 0.379 e. The van der Waals surface area contributed by atoms with Crippen LogP contribution in [0.1, 0.15) is 31.2 Å². The zero-order valence-corrected chi connectivity index (χ0v) is 19.0. The molecule has 1 aliphatic carbocycles. The third kappa shape index (κ3) is 5.28. The Bertz CT molecular complexity index is 653. The molecule has 1 aromatic carbocycles. The molecule has 2 heterocycles. The Balaban J connectivity index is 0.00000210. The van der Waals surface area contributed by atoms with E-state index >= 15 is 0 Å². The lowest BCUT2D eigenvalue weighted by Crippen LogP contribution is -2.47. The summed E-state index contributed by atoms with van der Waals surface area (Å²) < 4.78 is 5.49. The van der Waals surface area contributed by atoms with Gasteiger partial charge < -0.3 is 15.0 Å². The lowest BCUT2D eigenvalue weighted by molar-refractivity contribution is 0.0195. The molecule has 150 valence electrons. The summed E-state index contributed by atoms with van der Waals surface area (Å²) >= 11 is 6.15. The average Bonchev–Trinajstić information content (AvgIpc) is 3.25. The number of benzene rings is 1. The zero-order valence-electron chi connectivity index (χ0n) is 15.9. The number of hydrogen-bond donors (Lipinski definition) is 1. The molecule has 3 fully saturated rings. The maximum Gasteiger partial charge on any atom is 0.194 e. The lowest BCUT2D eigenvalue weighted by atomic mass is 10.1. The summed E-state index contributed by atoms with van der Waals surface area (Å²) in [6.45, 7) is 8.94. The van der Waals surface area contributed by atoms with Gasteiger partial charge in [-0.15, -0.1) is 24.0 Å². The molecule has 1 aromatic rings. The Morgan fingerprint density at radius 2 is 2.11 bits per heavy atom. The number of ether oxygens (including phenoxy) is 1. The molecule has 3 atom stereocenters. The summed E-state index contributed by atoms with van der Waals surface area (Å²) in [5.41, 5.74) is 1.33. The molecule has 0 spiro atoms. The first-order valence-electron chi connectivity index (χ1n) is 9.88. The van der Waals surface area contributed by atoms with E-state index in [1.165, 1.54) is 12.0 Å². The molecule has 2 saturated heterocycles. The van der Waals surface area contributed by atoms with E-state index in [4.69, 9.17) is 21.3 Å². The van der Waals surface area contributed by atoms with E-state index in [0.717, 1.165) is 63.3 Å². The lowest BCUT2D eigenvalue weighted by Gasteiger charge is -2.32. The Hall–Kier alpha value is -0.570. The van der Waals surface area contributed by atoms with Gasteiger partial charge in [-0.2, -0.15) is 0 Å².